The summed E-state index contributed by atoms with van der Waals surface area (Å²) in [6.45, 7) is 4.41. The van der Waals surface area contributed by atoms with Gasteiger partial charge in [0.2, 0.25) is 0 Å². The van der Waals surface area contributed by atoms with Gasteiger partial charge in [0.1, 0.15) is 6.04 Å². The number of carboxylic acids is 1. The molecule has 0 aromatic heterocycles. The molecule has 0 aliphatic carbocycles. The first-order chi connectivity index (χ1) is 5.24. The van der Waals surface area contributed by atoms with Crippen LogP contribution in [0.25, 0.3) is 0 Å². The highest BCUT2D eigenvalue weighted by molar-refractivity contribution is 7.55. The zero-order valence-corrected chi connectivity index (χ0v) is 8.21. The van der Waals surface area contributed by atoms with E-state index in [0.29, 0.717) is 0 Å². The van der Waals surface area contributed by atoms with Crippen molar-refractivity contribution in [1.29, 1.82) is 0 Å². The first-order valence-corrected chi connectivity index (χ1v) is 5.65. The minimum Gasteiger partial charge on any atom is -0.480 e. The van der Waals surface area contributed by atoms with Crippen LogP contribution in [0, 0.1) is 5.92 Å². The monoisotopic (exact) mass is 195 g/mol. The van der Waals surface area contributed by atoms with Crippen molar-refractivity contribution in [3.63, 3.8) is 0 Å². The lowest BCUT2D eigenvalue weighted by Crippen LogP contribution is -2.38. The fraction of sp³-hybridized carbons (Fsp3) is 0.833. The predicted octanol–water partition coefficient (Wildman–Crippen LogP) is 0.500. The number of carbonyl (C=O) groups is 1. The maximum Gasteiger partial charge on any atom is 0.321 e. The molecule has 0 spiro atoms. The van der Waals surface area contributed by atoms with E-state index in [9.17, 15) is 9.36 Å². The average molecular weight is 195 g/mol. The number of hydrogen-bond acceptors (Lipinski definition) is 2. The van der Waals surface area contributed by atoms with E-state index in [1.807, 2.05) is 0 Å². The lowest BCUT2D eigenvalue weighted by atomic mass is 10.1. The predicted molar refractivity (Wildman–Crippen MR) is 45.1 cm³/mol. The highest BCUT2D eigenvalue weighted by atomic mass is 31.2. The quantitative estimate of drug-likeness (QED) is 0.568. The largest absolute Gasteiger partial charge is 0.480 e. The molecule has 6 heteroatoms. The van der Waals surface area contributed by atoms with Crippen LogP contribution in [0.2, 0.25) is 0 Å². The van der Waals surface area contributed by atoms with Gasteiger partial charge in [0.05, 0.1) is 0 Å². The minimum absolute atomic E-state index is 0.220. The number of hydrogen-bond donors (Lipinski definition) is 3. The van der Waals surface area contributed by atoms with Gasteiger partial charge in [-0.2, -0.15) is 0 Å². The topological polar surface area (TPSA) is 86.6 Å². The molecule has 0 radical (unpaired) electrons. The lowest BCUT2D eigenvalue weighted by molar-refractivity contribution is -0.140. The number of aliphatic carboxylic acids is 1. The molecule has 0 bridgehead atoms. The lowest BCUT2D eigenvalue weighted by Gasteiger charge is -2.19. The van der Waals surface area contributed by atoms with E-state index < -0.39 is 19.5 Å². The smallest absolute Gasteiger partial charge is 0.321 e. The Morgan fingerprint density at radius 3 is 2.00 bits per heavy atom. The summed E-state index contributed by atoms with van der Waals surface area (Å²) in [4.78, 5) is 19.4. The fourth-order valence-corrected chi connectivity index (χ4v) is 1.67. The molecule has 2 atom stereocenters. The number of carboxylic acid groups (broad SMARTS) is 1. The Labute approximate surface area is 71.3 Å². The highest BCUT2D eigenvalue weighted by Gasteiger charge is 2.26. The van der Waals surface area contributed by atoms with Gasteiger partial charge in [-0.1, -0.05) is 13.8 Å². The van der Waals surface area contributed by atoms with Crippen LogP contribution in [0.3, 0.4) is 0 Å². The van der Waals surface area contributed by atoms with Gasteiger partial charge in [0.15, 0.2) is 0 Å². The summed E-state index contributed by atoms with van der Waals surface area (Å²) in [5.74, 6) is -1.33. The molecule has 12 heavy (non-hydrogen) atoms. The zero-order valence-electron chi connectivity index (χ0n) is 7.31. The second-order valence-corrected chi connectivity index (χ2v) is 5.08. The minimum atomic E-state index is -3.46. The van der Waals surface area contributed by atoms with Gasteiger partial charge in [-0.05, 0) is 5.92 Å². The molecule has 1 unspecified atom stereocenters. The fourth-order valence-electron chi connectivity index (χ4n) is 0.748. The number of rotatable bonds is 4. The van der Waals surface area contributed by atoms with Gasteiger partial charge in [-0.3, -0.25) is 9.36 Å². The van der Waals surface area contributed by atoms with Crippen LogP contribution in [0.1, 0.15) is 13.8 Å². The molecule has 0 aliphatic heterocycles. The van der Waals surface area contributed by atoms with E-state index in [-0.39, 0.29) is 5.92 Å². The van der Waals surface area contributed by atoms with E-state index in [1.165, 1.54) is 0 Å². The van der Waals surface area contributed by atoms with Gasteiger partial charge >= 0.3 is 5.97 Å². The van der Waals surface area contributed by atoms with Gasteiger partial charge in [0, 0.05) is 6.66 Å². The van der Waals surface area contributed by atoms with E-state index >= 15 is 0 Å². The van der Waals surface area contributed by atoms with Crippen molar-refractivity contribution < 1.29 is 19.4 Å². The molecule has 0 saturated heterocycles. The van der Waals surface area contributed by atoms with Crippen LogP contribution in [0.4, 0.5) is 0 Å². The summed E-state index contributed by atoms with van der Waals surface area (Å²) in [5.41, 5.74) is 0. The standard InChI is InChI=1S/C6H14NO4P/c1-4(2)5(6(8)9)7-12(3,10)11/h4-5H,1-3H3,(H,8,9)(H2,7,10,11)/t5-/m0/s1. The second-order valence-electron chi connectivity index (χ2n) is 3.07. The Bertz CT molecular complexity index is 210. The van der Waals surface area contributed by atoms with Crippen molar-refractivity contribution in [3.8, 4) is 0 Å². The summed E-state index contributed by atoms with van der Waals surface area (Å²) in [5, 5.41) is 10.8. The molecule has 3 N–H and O–H groups in total. The van der Waals surface area contributed by atoms with Crippen LogP contribution in [-0.2, 0) is 9.36 Å². The maximum absolute atomic E-state index is 10.8. The van der Waals surface area contributed by atoms with Crippen LogP contribution < -0.4 is 5.09 Å². The van der Waals surface area contributed by atoms with Crippen LogP contribution in [-0.4, -0.2) is 28.7 Å². The molecule has 0 aromatic rings. The van der Waals surface area contributed by atoms with E-state index in [1.54, 1.807) is 13.8 Å². The molecule has 5 nitrogen and oxygen atoms in total. The van der Waals surface area contributed by atoms with Gasteiger partial charge < -0.3 is 10.00 Å². The molecule has 72 valence electrons. The summed E-state index contributed by atoms with van der Waals surface area (Å²) in [7, 11) is -3.46. The van der Waals surface area contributed by atoms with Crippen molar-refractivity contribution in [1.82, 2.24) is 5.09 Å². The second kappa shape index (κ2) is 4.03. The van der Waals surface area contributed by atoms with Crippen LogP contribution in [0.5, 0.6) is 0 Å². The molecule has 0 amide bonds. The molecule has 0 fully saturated rings. The third-order valence-corrected chi connectivity index (χ3v) is 2.07. The van der Waals surface area contributed by atoms with Crippen molar-refractivity contribution in [2.75, 3.05) is 6.66 Å². The highest BCUT2D eigenvalue weighted by Crippen LogP contribution is 2.31. The Kier molecular flexibility index (Phi) is 3.90. The Balaban J connectivity index is 4.35. The molecule has 0 rings (SSSR count). The maximum atomic E-state index is 10.8. The molecule has 0 heterocycles. The summed E-state index contributed by atoms with van der Waals surface area (Å²) >= 11 is 0. The van der Waals surface area contributed by atoms with Gasteiger partial charge in [-0.25, -0.2) is 5.09 Å². The van der Waals surface area contributed by atoms with Crippen molar-refractivity contribution in [2.24, 2.45) is 5.92 Å². The average Bonchev–Trinajstić information content (AvgIpc) is 1.79. The molecular weight excluding hydrogens is 181 g/mol. The first kappa shape index (κ1) is 11.6. The first-order valence-electron chi connectivity index (χ1n) is 3.55. The van der Waals surface area contributed by atoms with E-state index in [0.717, 1.165) is 6.66 Å². The zero-order chi connectivity index (χ0) is 9.94. The Morgan fingerprint density at radius 2 is 1.92 bits per heavy atom. The van der Waals surface area contributed by atoms with E-state index in [2.05, 4.69) is 5.09 Å². The molecule has 0 aromatic carbocycles. The SMILES string of the molecule is CC(C)[C@H](NP(C)(=O)O)C(=O)O. The Hall–Kier alpha value is -0.380. The third-order valence-electron chi connectivity index (χ3n) is 1.31. The van der Waals surface area contributed by atoms with Crippen molar-refractivity contribution >= 4 is 13.5 Å². The normalized spacial score (nSPS) is 18.8. The van der Waals surface area contributed by atoms with Crippen molar-refractivity contribution in [3.05, 3.63) is 0 Å². The summed E-state index contributed by atoms with van der Waals surface area (Å²) < 4.78 is 10.8. The summed E-state index contributed by atoms with van der Waals surface area (Å²) in [6.07, 6.45) is 0. The Morgan fingerprint density at radius 1 is 1.50 bits per heavy atom. The van der Waals surface area contributed by atoms with Gasteiger partial charge in [0.25, 0.3) is 7.52 Å². The molecule has 0 aliphatic rings. The summed E-state index contributed by atoms with van der Waals surface area (Å²) in [6, 6.07) is -0.967. The molecule has 0 saturated carbocycles. The number of nitrogens with one attached hydrogen (secondary N) is 1. The van der Waals surface area contributed by atoms with Crippen LogP contribution in [0.15, 0.2) is 0 Å². The van der Waals surface area contributed by atoms with E-state index in [4.69, 9.17) is 10.00 Å². The molecular formula is C6H14NO4P. The van der Waals surface area contributed by atoms with Gasteiger partial charge in [-0.15, -0.1) is 0 Å². The van der Waals surface area contributed by atoms with Crippen molar-refractivity contribution in [2.45, 2.75) is 19.9 Å². The van der Waals surface area contributed by atoms with Crippen LogP contribution >= 0.6 is 7.52 Å². The third kappa shape index (κ3) is 4.49.